The lowest BCUT2D eigenvalue weighted by molar-refractivity contribution is -0.119. The minimum atomic E-state index is -0.192. The van der Waals surface area contributed by atoms with Crippen LogP contribution < -0.4 is 10.1 Å². The van der Waals surface area contributed by atoms with E-state index in [1.54, 1.807) is 13.2 Å². The molecular formula is C20H21NO2. The second-order valence-corrected chi connectivity index (χ2v) is 5.90. The van der Waals surface area contributed by atoms with Gasteiger partial charge in [0.2, 0.25) is 5.91 Å². The summed E-state index contributed by atoms with van der Waals surface area (Å²) in [4.78, 5) is 12.3. The first-order valence-electron chi connectivity index (χ1n) is 7.92. The number of benzene rings is 2. The van der Waals surface area contributed by atoms with E-state index in [0.717, 1.165) is 30.6 Å². The number of rotatable bonds is 5. The van der Waals surface area contributed by atoms with Crippen LogP contribution in [0.1, 0.15) is 30.4 Å². The first-order chi connectivity index (χ1) is 11.2. The number of carbonyl (C=O) groups is 1. The molecule has 0 atom stereocenters. The van der Waals surface area contributed by atoms with Gasteiger partial charge in [0.25, 0.3) is 0 Å². The molecule has 118 valence electrons. The fraction of sp³-hybridized carbons (Fsp3) is 0.250. The largest absolute Gasteiger partial charge is 0.497 e. The summed E-state index contributed by atoms with van der Waals surface area (Å²) in [5.41, 5.74) is 1.98. The fourth-order valence-electron chi connectivity index (χ4n) is 2.94. The lowest BCUT2D eigenvalue weighted by Crippen LogP contribution is -2.50. The maximum Gasteiger partial charge on any atom is 0.244 e. The second-order valence-electron chi connectivity index (χ2n) is 5.90. The molecule has 23 heavy (non-hydrogen) atoms. The smallest absolute Gasteiger partial charge is 0.244 e. The standard InChI is InChI=1S/C20H21NO2/c1-23-18-11-8-16(9-12-18)10-13-19(22)21-20(14-5-15-20)17-6-3-2-4-7-17/h2-4,6-13H,5,14-15H2,1H3,(H,21,22)/b13-10+. The SMILES string of the molecule is COc1ccc(/C=C/C(=O)NC2(c3ccccc3)CCC2)cc1. The summed E-state index contributed by atoms with van der Waals surface area (Å²) in [6.07, 6.45) is 6.58. The monoisotopic (exact) mass is 307 g/mol. The molecular weight excluding hydrogens is 286 g/mol. The third kappa shape index (κ3) is 3.45. The van der Waals surface area contributed by atoms with Gasteiger partial charge in [-0.3, -0.25) is 4.79 Å². The van der Waals surface area contributed by atoms with E-state index in [-0.39, 0.29) is 11.4 Å². The molecule has 3 heteroatoms. The van der Waals surface area contributed by atoms with E-state index in [4.69, 9.17) is 4.74 Å². The number of nitrogens with one attached hydrogen (secondary N) is 1. The number of hydrogen-bond donors (Lipinski definition) is 1. The van der Waals surface area contributed by atoms with Crippen molar-refractivity contribution in [2.75, 3.05) is 7.11 Å². The van der Waals surface area contributed by atoms with Crippen molar-refractivity contribution in [3.8, 4) is 5.75 Å². The highest BCUT2D eigenvalue weighted by molar-refractivity contribution is 5.92. The van der Waals surface area contributed by atoms with Gasteiger partial charge >= 0.3 is 0 Å². The molecule has 2 aromatic rings. The molecule has 1 saturated carbocycles. The summed E-state index contributed by atoms with van der Waals surface area (Å²) in [6.45, 7) is 0. The topological polar surface area (TPSA) is 38.3 Å². The Morgan fingerprint density at radius 2 is 1.78 bits per heavy atom. The molecule has 0 spiro atoms. The van der Waals surface area contributed by atoms with E-state index in [2.05, 4.69) is 17.4 Å². The van der Waals surface area contributed by atoms with Crippen molar-refractivity contribution in [1.82, 2.24) is 5.32 Å². The quantitative estimate of drug-likeness (QED) is 0.851. The molecule has 3 rings (SSSR count). The van der Waals surface area contributed by atoms with E-state index >= 15 is 0 Å². The molecule has 1 aliphatic rings. The Morgan fingerprint density at radius 1 is 1.09 bits per heavy atom. The molecule has 3 nitrogen and oxygen atoms in total. The molecule has 0 bridgehead atoms. The van der Waals surface area contributed by atoms with Crippen molar-refractivity contribution in [3.05, 3.63) is 71.8 Å². The van der Waals surface area contributed by atoms with Crippen LogP contribution in [-0.2, 0) is 10.3 Å². The predicted molar refractivity (Wildman–Crippen MR) is 92.1 cm³/mol. The molecule has 0 unspecified atom stereocenters. The molecule has 1 amide bonds. The molecule has 1 N–H and O–H groups in total. The zero-order valence-corrected chi connectivity index (χ0v) is 13.3. The van der Waals surface area contributed by atoms with Crippen molar-refractivity contribution >= 4 is 12.0 Å². The molecule has 0 aromatic heterocycles. The summed E-state index contributed by atoms with van der Waals surface area (Å²) < 4.78 is 5.13. The number of hydrogen-bond acceptors (Lipinski definition) is 2. The Balaban J connectivity index is 1.67. The second kappa shape index (κ2) is 6.69. The maximum atomic E-state index is 12.3. The minimum absolute atomic E-state index is 0.0515. The molecule has 0 heterocycles. The van der Waals surface area contributed by atoms with Crippen LogP contribution in [0.15, 0.2) is 60.7 Å². The van der Waals surface area contributed by atoms with E-state index in [9.17, 15) is 4.79 Å². The van der Waals surface area contributed by atoms with Crippen LogP contribution in [0.3, 0.4) is 0 Å². The van der Waals surface area contributed by atoms with Gasteiger partial charge in [-0.1, -0.05) is 42.5 Å². The Labute approximate surface area is 137 Å². The number of amides is 1. The van der Waals surface area contributed by atoms with Gasteiger partial charge in [0, 0.05) is 6.08 Å². The molecule has 2 aromatic carbocycles. The van der Waals surface area contributed by atoms with Crippen molar-refractivity contribution in [3.63, 3.8) is 0 Å². The molecule has 0 radical (unpaired) electrons. The highest BCUT2D eigenvalue weighted by Gasteiger charge is 2.39. The average molecular weight is 307 g/mol. The van der Waals surface area contributed by atoms with Crippen LogP contribution in [0.4, 0.5) is 0 Å². The zero-order chi connectivity index (χ0) is 16.1. The Kier molecular flexibility index (Phi) is 4.47. The average Bonchev–Trinajstić information content (AvgIpc) is 2.57. The molecule has 1 aliphatic carbocycles. The van der Waals surface area contributed by atoms with Gasteiger partial charge in [0.15, 0.2) is 0 Å². The van der Waals surface area contributed by atoms with Gasteiger partial charge in [0.1, 0.15) is 5.75 Å². The van der Waals surface area contributed by atoms with Crippen molar-refractivity contribution < 1.29 is 9.53 Å². The Bertz CT molecular complexity index is 685. The summed E-state index contributed by atoms with van der Waals surface area (Å²) in [7, 11) is 1.64. The maximum absolute atomic E-state index is 12.3. The molecule has 1 fully saturated rings. The van der Waals surface area contributed by atoms with Crippen LogP contribution in [0, 0.1) is 0 Å². The summed E-state index contributed by atoms with van der Waals surface area (Å²) in [6, 6.07) is 17.9. The summed E-state index contributed by atoms with van der Waals surface area (Å²) in [5, 5.41) is 3.19. The van der Waals surface area contributed by atoms with E-state index < -0.39 is 0 Å². The summed E-state index contributed by atoms with van der Waals surface area (Å²) in [5.74, 6) is 0.758. The van der Waals surface area contributed by atoms with Gasteiger partial charge in [-0.15, -0.1) is 0 Å². The number of carbonyl (C=O) groups excluding carboxylic acids is 1. The first-order valence-corrected chi connectivity index (χ1v) is 7.92. The third-order valence-electron chi connectivity index (χ3n) is 4.44. The van der Waals surface area contributed by atoms with Crippen molar-refractivity contribution in [1.29, 1.82) is 0 Å². The van der Waals surface area contributed by atoms with Gasteiger partial charge in [-0.25, -0.2) is 0 Å². The van der Waals surface area contributed by atoms with Gasteiger partial charge in [-0.05, 0) is 48.6 Å². The molecule has 0 saturated heterocycles. The van der Waals surface area contributed by atoms with Gasteiger partial charge in [-0.2, -0.15) is 0 Å². The normalized spacial score (nSPS) is 15.9. The predicted octanol–water partition coefficient (Wildman–Crippen LogP) is 3.90. The van der Waals surface area contributed by atoms with Crippen molar-refractivity contribution in [2.45, 2.75) is 24.8 Å². The van der Waals surface area contributed by atoms with Crippen LogP contribution in [-0.4, -0.2) is 13.0 Å². The van der Waals surface area contributed by atoms with Crippen LogP contribution in [0.5, 0.6) is 5.75 Å². The number of ether oxygens (including phenoxy) is 1. The van der Waals surface area contributed by atoms with Crippen molar-refractivity contribution in [2.24, 2.45) is 0 Å². The first kappa shape index (κ1) is 15.3. The highest BCUT2D eigenvalue weighted by Crippen LogP contribution is 2.41. The van der Waals surface area contributed by atoms with Gasteiger partial charge in [0.05, 0.1) is 12.6 Å². The lowest BCUT2D eigenvalue weighted by atomic mass is 9.72. The third-order valence-corrected chi connectivity index (χ3v) is 4.44. The van der Waals surface area contributed by atoms with E-state index in [1.807, 2.05) is 48.5 Å². The Hall–Kier alpha value is -2.55. The lowest BCUT2D eigenvalue weighted by Gasteiger charge is -2.42. The highest BCUT2D eigenvalue weighted by atomic mass is 16.5. The zero-order valence-electron chi connectivity index (χ0n) is 13.3. The number of methoxy groups -OCH3 is 1. The van der Waals surface area contributed by atoms with E-state index in [0.29, 0.717) is 0 Å². The van der Waals surface area contributed by atoms with E-state index in [1.165, 1.54) is 5.56 Å². The summed E-state index contributed by atoms with van der Waals surface area (Å²) >= 11 is 0. The molecule has 0 aliphatic heterocycles. The van der Waals surface area contributed by atoms with Crippen LogP contribution in [0.25, 0.3) is 6.08 Å². The fourth-order valence-corrected chi connectivity index (χ4v) is 2.94. The minimum Gasteiger partial charge on any atom is -0.497 e. The van der Waals surface area contributed by atoms with Gasteiger partial charge < -0.3 is 10.1 Å². The van der Waals surface area contributed by atoms with Crippen LogP contribution >= 0.6 is 0 Å². The van der Waals surface area contributed by atoms with Crippen LogP contribution in [0.2, 0.25) is 0 Å². The Morgan fingerprint density at radius 3 is 2.35 bits per heavy atom.